The van der Waals surface area contributed by atoms with Gasteiger partial charge in [0.1, 0.15) is 6.54 Å². The molecule has 0 spiro atoms. The zero-order valence-corrected chi connectivity index (χ0v) is 18.5. The van der Waals surface area contributed by atoms with Crippen LogP contribution in [0.1, 0.15) is 23.0 Å². The standard InChI is InChI=1S/C25H20F3N5O2/c1-32-19-9-5-6-10-20(19)33(24(32)35)14-21(34)31-22(15-7-3-2-4-8-15)16-11-12-17-18(13-16)30-23(29-17)25(26,27)28/h2-13,22H,14H2,1H3,(H,29,30)(H,31,34)/t22-/m0/s1. The summed E-state index contributed by atoms with van der Waals surface area (Å²) in [6.45, 7) is -0.214. The van der Waals surface area contributed by atoms with E-state index in [2.05, 4.69) is 15.3 Å². The maximum atomic E-state index is 13.1. The van der Waals surface area contributed by atoms with Crippen LogP contribution in [-0.4, -0.2) is 25.0 Å². The van der Waals surface area contributed by atoms with Crippen molar-refractivity contribution in [1.29, 1.82) is 0 Å². The Morgan fingerprint density at radius 1 is 1.00 bits per heavy atom. The molecule has 2 aromatic heterocycles. The Kier molecular flexibility index (Phi) is 5.43. The average Bonchev–Trinajstić information content (AvgIpc) is 3.38. The van der Waals surface area contributed by atoms with Crippen LogP contribution in [0.2, 0.25) is 0 Å². The highest BCUT2D eigenvalue weighted by Gasteiger charge is 2.34. The van der Waals surface area contributed by atoms with Gasteiger partial charge in [0.15, 0.2) is 0 Å². The fraction of sp³-hybridized carbons (Fsp3) is 0.160. The first-order valence-corrected chi connectivity index (χ1v) is 10.8. The number of aromatic nitrogens is 4. The highest BCUT2D eigenvalue weighted by atomic mass is 19.4. The van der Waals surface area contributed by atoms with Gasteiger partial charge in [0.2, 0.25) is 11.7 Å². The van der Waals surface area contributed by atoms with Crippen molar-refractivity contribution in [3.8, 4) is 0 Å². The molecule has 0 saturated heterocycles. The lowest BCUT2D eigenvalue weighted by Gasteiger charge is -2.20. The van der Waals surface area contributed by atoms with Crippen LogP contribution in [0.5, 0.6) is 0 Å². The molecule has 5 rings (SSSR count). The molecule has 2 heterocycles. The first kappa shape index (κ1) is 22.5. The topological polar surface area (TPSA) is 84.7 Å². The number of imidazole rings is 2. The highest BCUT2D eigenvalue weighted by Crippen LogP contribution is 2.30. The molecule has 0 aliphatic heterocycles. The number of carbonyl (C=O) groups is 1. The van der Waals surface area contributed by atoms with Crippen molar-refractivity contribution in [2.45, 2.75) is 18.8 Å². The van der Waals surface area contributed by atoms with E-state index in [1.165, 1.54) is 15.2 Å². The Morgan fingerprint density at radius 3 is 2.40 bits per heavy atom. The molecular formula is C25H20F3N5O2. The summed E-state index contributed by atoms with van der Waals surface area (Å²) < 4.78 is 42.1. The summed E-state index contributed by atoms with van der Waals surface area (Å²) in [5.74, 6) is -1.50. The third-order valence-corrected chi connectivity index (χ3v) is 5.90. The Morgan fingerprint density at radius 2 is 1.69 bits per heavy atom. The molecule has 2 N–H and O–H groups in total. The van der Waals surface area contributed by atoms with Crippen LogP contribution in [0, 0.1) is 0 Å². The number of rotatable bonds is 5. The number of amides is 1. The van der Waals surface area contributed by atoms with Crippen molar-refractivity contribution in [3.63, 3.8) is 0 Å². The lowest BCUT2D eigenvalue weighted by Crippen LogP contribution is -2.35. The number of nitrogens with zero attached hydrogens (tertiary/aromatic N) is 3. The summed E-state index contributed by atoms with van der Waals surface area (Å²) in [6, 6.07) is 20.2. The quantitative estimate of drug-likeness (QED) is 0.397. The summed E-state index contributed by atoms with van der Waals surface area (Å²) in [7, 11) is 1.64. The molecule has 1 amide bonds. The number of hydrogen-bond acceptors (Lipinski definition) is 3. The van der Waals surface area contributed by atoms with Crippen LogP contribution in [0.15, 0.2) is 77.6 Å². The number of benzene rings is 3. The number of halogens is 3. The van der Waals surface area contributed by atoms with E-state index in [1.54, 1.807) is 49.5 Å². The summed E-state index contributed by atoms with van der Waals surface area (Å²) in [4.78, 5) is 31.8. The normalized spacial score (nSPS) is 12.8. The zero-order chi connectivity index (χ0) is 24.7. The lowest BCUT2D eigenvalue weighted by molar-refractivity contribution is -0.144. The van der Waals surface area contributed by atoms with Gasteiger partial charge in [-0.25, -0.2) is 9.78 Å². The molecule has 0 radical (unpaired) electrons. The monoisotopic (exact) mass is 479 g/mol. The van der Waals surface area contributed by atoms with E-state index in [-0.39, 0.29) is 23.3 Å². The van der Waals surface area contributed by atoms with Crippen molar-refractivity contribution in [2.24, 2.45) is 7.05 Å². The molecule has 0 fully saturated rings. The number of nitrogens with one attached hydrogen (secondary N) is 2. The summed E-state index contributed by atoms with van der Waals surface area (Å²) in [5.41, 5.74) is 2.69. The van der Waals surface area contributed by atoms with Crippen molar-refractivity contribution in [2.75, 3.05) is 0 Å². The van der Waals surface area contributed by atoms with Crippen LogP contribution in [-0.2, 0) is 24.6 Å². The van der Waals surface area contributed by atoms with Crippen molar-refractivity contribution in [3.05, 3.63) is 100 Å². The third kappa shape index (κ3) is 4.18. The van der Waals surface area contributed by atoms with E-state index in [1.807, 2.05) is 24.3 Å². The van der Waals surface area contributed by atoms with Crippen LogP contribution in [0.3, 0.4) is 0 Å². The van der Waals surface area contributed by atoms with Gasteiger partial charge in [-0.05, 0) is 35.4 Å². The van der Waals surface area contributed by atoms with Gasteiger partial charge in [-0.2, -0.15) is 13.2 Å². The van der Waals surface area contributed by atoms with Gasteiger partial charge < -0.3 is 10.3 Å². The third-order valence-electron chi connectivity index (χ3n) is 5.90. The number of aromatic amines is 1. The molecule has 5 aromatic rings. The minimum atomic E-state index is -4.60. The molecule has 1 atom stereocenters. The van der Waals surface area contributed by atoms with Gasteiger partial charge in [0, 0.05) is 7.05 Å². The van der Waals surface area contributed by atoms with Gasteiger partial charge in [-0.3, -0.25) is 13.9 Å². The Bertz CT molecular complexity index is 1600. The van der Waals surface area contributed by atoms with Gasteiger partial charge in [0.05, 0.1) is 28.1 Å². The van der Waals surface area contributed by atoms with Crippen LogP contribution in [0.25, 0.3) is 22.1 Å². The van der Waals surface area contributed by atoms with E-state index >= 15 is 0 Å². The second kappa shape index (κ2) is 8.46. The second-order valence-electron chi connectivity index (χ2n) is 8.19. The molecule has 0 aliphatic carbocycles. The average molecular weight is 479 g/mol. The van der Waals surface area contributed by atoms with E-state index < -0.39 is 23.9 Å². The molecule has 0 saturated carbocycles. The number of hydrogen-bond donors (Lipinski definition) is 2. The fourth-order valence-electron chi connectivity index (χ4n) is 4.21. The number of alkyl halides is 3. The largest absolute Gasteiger partial charge is 0.449 e. The summed E-state index contributed by atoms with van der Waals surface area (Å²) >= 11 is 0. The number of H-pyrrole nitrogens is 1. The molecule has 10 heteroatoms. The summed E-state index contributed by atoms with van der Waals surface area (Å²) in [5, 5.41) is 2.94. The number of carbonyl (C=O) groups excluding carboxylic acids is 1. The lowest BCUT2D eigenvalue weighted by atomic mass is 9.98. The zero-order valence-electron chi connectivity index (χ0n) is 18.5. The highest BCUT2D eigenvalue weighted by molar-refractivity contribution is 5.82. The maximum absolute atomic E-state index is 13.1. The number of aryl methyl sites for hydroxylation is 1. The molecule has 0 aliphatic rings. The van der Waals surface area contributed by atoms with E-state index in [0.29, 0.717) is 16.6 Å². The van der Waals surface area contributed by atoms with E-state index in [4.69, 9.17) is 0 Å². The minimum Gasteiger partial charge on any atom is -0.344 e. The Hall–Kier alpha value is -4.34. The van der Waals surface area contributed by atoms with Crippen LogP contribution < -0.4 is 11.0 Å². The Labute approximate surface area is 196 Å². The number of fused-ring (bicyclic) bond motifs is 2. The molecule has 35 heavy (non-hydrogen) atoms. The first-order valence-electron chi connectivity index (χ1n) is 10.8. The smallest absolute Gasteiger partial charge is 0.344 e. The van der Waals surface area contributed by atoms with Crippen molar-refractivity contribution >= 4 is 28.0 Å². The predicted molar refractivity (Wildman–Crippen MR) is 125 cm³/mol. The molecule has 0 bridgehead atoms. The van der Waals surface area contributed by atoms with Crippen LogP contribution >= 0.6 is 0 Å². The summed E-state index contributed by atoms with van der Waals surface area (Å²) in [6.07, 6.45) is -4.60. The van der Waals surface area contributed by atoms with Gasteiger partial charge in [-0.15, -0.1) is 0 Å². The molecule has 3 aromatic carbocycles. The predicted octanol–water partition coefficient (Wildman–Crippen LogP) is 4.14. The number of para-hydroxylation sites is 2. The molecular weight excluding hydrogens is 459 g/mol. The minimum absolute atomic E-state index is 0.168. The van der Waals surface area contributed by atoms with E-state index in [9.17, 15) is 22.8 Å². The maximum Gasteiger partial charge on any atom is 0.449 e. The Balaban J connectivity index is 1.50. The van der Waals surface area contributed by atoms with Crippen molar-refractivity contribution in [1.82, 2.24) is 24.4 Å². The second-order valence-corrected chi connectivity index (χ2v) is 8.19. The van der Waals surface area contributed by atoms with Gasteiger partial charge in [0.25, 0.3) is 0 Å². The van der Waals surface area contributed by atoms with Crippen molar-refractivity contribution < 1.29 is 18.0 Å². The SMILES string of the molecule is Cn1c(=O)n(CC(=O)N[C@@H](c2ccccc2)c2ccc3nc(C(F)(F)F)[nH]c3c2)c2ccccc21. The van der Waals surface area contributed by atoms with Crippen LogP contribution in [0.4, 0.5) is 13.2 Å². The molecule has 178 valence electrons. The fourth-order valence-corrected chi connectivity index (χ4v) is 4.21. The molecule has 7 nitrogen and oxygen atoms in total. The first-order chi connectivity index (χ1) is 16.7. The molecule has 0 unspecified atom stereocenters. The van der Waals surface area contributed by atoms with Gasteiger partial charge in [-0.1, -0.05) is 48.5 Å². The van der Waals surface area contributed by atoms with E-state index in [0.717, 1.165) is 5.56 Å². The van der Waals surface area contributed by atoms with Gasteiger partial charge >= 0.3 is 11.9 Å².